The van der Waals surface area contributed by atoms with E-state index >= 15 is 0 Å². The molecule has 0 aromatic rings. The van der Waals surface area contributed by atoms with Crippen LogP contribution in [0.2, 0.25) is 0 Å². The Kier molecular flexibility index (Phi) is 0.739. The highest BCUT2D eigenvalue weighted by molar-refractivity contribution is 5.38. The zero-order chi connectivity index (χ0) is 6.32. The maximum absolute atomic E-state index is 5.53. The Balaban J connectivity index is 2.28. The molecule has 9 heavy (non-hydrogen) atoms. The van der Waals surface area contributed by atoms with Gasteiger partial charge in [-0.3, -0.25) is 0 Å². The van der Waals surface area contributed by atoms with Crippen LogP contribution in [0.15, 0.2) is 29.9 Å². The number of allylic oxidation sites excluding steroid dienone is 5. The van der Waals surface area contributed by atoms with Gasteiger partial charge >= 0.3 is 0 Å². The maximum Gasteiger partial charge on any atom is 0.179 e. The minimum absolute atomic E-state index is 0.447. The van der Waals surface area contributed by atoms with E-state index in [9.17, 15) is 0 Å². The molecule has 0 aromatic carbocycles. The second-order valence-electron chi connectivity index (χ2n) is 2.90. The standard InChI is InChI=1S/C9H9/c1-8-2-4-9(5-3-8)6-7-9/h1-5H,6-7H2/q+1. The summed E-state index contributed by atoms with van der Waals surface area (Å²) in [5.74, 6) is 0. The number of hydrogen-bond acceptors (Lipinski definition) is 0. The molecular weight excluding hydrogens is 108 g/mol. The molecule has 0 bridgehead atoms. The molecule has 0 saturated heterocycles. The Labute approximate surface area is 55.6 Å². The van der Waals surface area contributed by atoms with E-state index in [0.717, 1.165) is 5.57 Å². The van der Waals surface area contributed by atoms with E-state index < -0.39 is 0 Å². The first-order valence-electron chi connectivity index (χ1n) is 3.32. The third-order valence-electron chi connectivity index (χ3n) is 2.04. The van der Waals surface area contributed by atoms with E-state index in [1.54, 1.807) is 0 Å². The van der Waals surface area contributed by atoms with E-state index in [-0.39, 0.29) is 0 Å². The predicted octanol–water partition coefficient (Wildman–Crippen LogP) is 2.25. The Morgan fingerprint density at radius 2 is 1.78 bits per heavy atom. The lowest BCUT2D eigenvalue weighted by atomic mass is 9.99. The highest BCUT2D eigenvalue weighted by Crippen LogP contribution is 2.50. The summed E-state index contributed by atoms with van der Waals surface area (Å²) < 4.78 is 0. The summed E-state index contributed by atoms with van der Waals surface area (Å²) in [6.07, 6.45) is 11.1. The first-order chi connectivity index (χ1) is 4.31. The molecule has 0 atom stereocenters. The zero-order valence-corrected chi connectivity index (χ0v) is 5.30. The van der Waals surface area contributed by atoms with Gasteiger partial charge in [0, 0.05) is 12.0 Å². The van der Waals surface area contributed by atoms with Crippen molar-refractivity contribution in [3.63, 3.8) is 0 Å². The fourth-order valence-corrected chi connectivity index (χ4v) is 1.11. The van der Waals surface area contributed by atoms with Crippen LogP contribution in [0.3, 0.4) is 0 Å². The fraction of sp³-hybridized carbons (Fsp3) is 0.333. The first kappa shape index (κ1) is 4.96. The lowest BCUT2D eigenvalue weighted by molar-refractivity contribution is 0.847. The molecule has 2 rings (SSSR count). The van der Waals surface area contributed by atoms with Gasteiger partial charge in [0.2, 0.25) is 0 Å². The third-order valence-corrected chi connectivity index (χ3v) is 2.04. The molecule has 1 saturated carbocycles. The molecule has 0 unspecified atom stereocenters. The normalized spacial score (nSPS) is 27.2. The monoisotopic (exact) mass is 117 g/mol. The summed E-state index contributed by atoms with van der Waals surface area (Å²) in [5.41, 5.74) is 1.33. The second-order valence-corrected chi connectivity index (χ2v) is 2.90. The van der Waals surface area contributed by atoms with Gasteiger partial charge in [0.05, 0.1) is 12.2 Å². The highest BCUT2D eigenvalue weighted by atomic mass is 14.4. The predicted molar refractivity (Wildman–Crippen MR) is 37.8 cm³/mol. The van der Waals surface area contributed by atoms with Crippen LogP contribution >= 0.6 is 0 Å². The van der Waals surface area contributed by atoms with Crippen LogP contribution in [0.1, 0.15) is 12.8 Å². The SMILES string of the molecule is [CH+]=C1C=CC2(C=C1)CC2. The molecule has 0 radical (unpaired) electrons. The molecule has 2 aliphatic rings. The summed E-state index contributed by atoms with van der Waals surface area (Å²) in [6.45, 7) is 5.53. The van der Waals surface area contributed by atoms with Gasteiger partial charge in [0.25, 0.3) is 0 Å². The van der Waals surface area contributed by atoms with E-state index in [1.807, 2.05) is 12.2 Å². The largest absolute Gasteiger partial charge is 0.179 e. The van der Waals surface area contributed by atoms with Gasteiger partial charge in [-0.05, 0) is 25.0 Å². The van der Waals surface area contributed by atoms with Gasteiger partial charge < -0.3 is 0 Å². The smallest absolute Gasteiger partial charge is 0.0371 e. The Hall–Kier alpha value is -0.870. The lowest BCUT2D eigenvalue weighted by Gasteiger charge is -1.99. The third kappa shape index (κ3) is 0.721. The van der Waals surface area contributed by atoms with Crippen LogP contribution < -0.4 is 0 Å². The fourth-order valence-electron chi connectivity index (χ4n) is 1.11. The van der Waals surface area contributed by atoms with E-state index in [4.69, 9.17) is 6.58 Å². The van der Waals surface area contributed by atoms with Crippen molar-refractivity contribution in [2.24, 2.45) is 5.41 Å². The van der Waals surface area contributed by atoms with Crippen molar-refractivity contribution >= 4 is 0 Å². The summed E-state index contributed by atoms with van der Waals surface area (Å²) in [5, 5.41) is 0. The van der Waals surface area contributed by atoms with Crippen molar-refractivity contribution in [3.05, 3.63) is 36.5 Å². The first-order valence-corrected chi connectivity index (χ1v) is 3.32. The average molecular weight is 117 g/mol. The molecule has 1 spiro atoms. The Morgan fingerprint density at radius 1 is 1.22 bits per heavy atom. The Morgan fingerprint density at radius 3 is 2.22 bits per heavy atom. The van der Waals surface area contributed by atoms with Crippen molar-refractivity contribution < 1.29 is 0 Å². The van der Waals surface area contributed by atoms with Gasteiger partial charge in [-0.25, -0.2) is 0 Å². The number of hydrogen-bond donors (Lipinski definition) is 0. The second kappa shape index (κ2) is 1.34. The molecule has 0 nitrogen and oxygen atoms in total. The van der Waals surface area contributed by atoms with Crippen LogP contribution in [-0.2, 0) is 0 Å². The molecule has 0 N–H and O–H groups in total. The van der Waals surface area contributed by atoms with Crippen molar-refractivity contribution in [2.45, 2.75) is 12.8 Å². The van der Waals surface area contributed by atoms with E-state index in [2.05, 4.69) is 12.2 Å². The average Bonchev–Trinajstić information content (AvgIpc) is 2.60. The van der Waals surface area contributed by atoms with Gasteiger partial charge in [0.1, 0.15) is 0 Å². The molecule has 0 heterocycles. The van der Waals surface area contributed by atoms with Crippen LogP contribution in [0.5, 0.6) is 0 Å². The minimum Gasteiger partial charge on any atom is -0.0371 e. The zero-order valence-electron chi connectivity index (χ0n) is 5.30. The summed E-state index contributed by atoms with van der Waals surface area (Å²) in [7, 11) is 0. The van der Waals surface area contributed by atoms with Crippen molar-refractivity contribution in [3.8, 4) is 0 Å². The van der Waals surface area contributed by atoms with Crippen LogP contribution in [-0.4, -0.2) is 0 Å². The van der Waals surface area contributed by atoms with E-state index in [0.29, 0.717) is 5.41 Å². The van der Waals surface area contributed by atoms with Gasteiger partial charge in [-0.15, -0.1) is 0 Å². The molecule has 2 aliphatic carbocycles. The molecule has 0 aliphatic heterocycles. The van der Waals surface area contributed by atoms with Crippen LogP contribution in [0.25, 0.3) is 0 Å². The van der Waals surface area contributed by atoms with Crippen molar-refractivity contribution in [1.29, 1.82) is 0 Å². The lowest BCUT2D eigenvalue weighted by Crippen LogP contribution is -1.92. The molecule has 0 aromatic heterocycles. The van der Waals surface area contributed by atoms with Gasteiger partial charge in [-0.2, -0.15) is 0 Å². The summed E-state index contributed by atoms with van der Waals surface area (Å²) in [4.78, 5) is 0. The summed E-state index contributed by atoms with van der Waals surface area (Å²) >= 11 is 0. The highest BCUT2D eigenvalue weighted by Gasteiger charge is 2.40. The molecule has 0 heteroatoms. The van der Waals surface area contributed by atoms with Gasteiger partial charge in [0.15, 0.2) is 5.57 Å². The van der Waals surface area contributed by atoms with E-state index in [1.165, 1.54) is 12.8 Å². The minimum atomic E-state index is 0.447. The molecule has 0 amide bonds. The number of rotatable bonds is 0. The molecule has 44 valence electrons. The quantitative estimate of drug-likeness (QED) is 0.427. The van der Waals surface area contributed by atoms with Crippen molar-refractivity contribution in [1.82, 2.24) is 0 Å². The molecule has 1 fully saturated rings. The van der Waals surface area contributed by atoms with Crippen LogP contribution in [0.4, 0.5) is 0 Å². The van der Waals surface area contributed by atoms with Crippen LogP contribution in [0, 0.1) is 12.0 Å². The maximum atomic E-state index is 5.53. The van der Waals surface area contributed by atoms with Gasteiger partial charge in [-0.1, -0.05) is 0 Å². The van der Waals surface area contributed by atoms with Crippen molar-refractivity contribution in [2.75, 3.05) is 0 Å². The summed E-state index contributed by atoms with van der Waals surface area (Å²) in [6, 6.07) is 0. The Bertz CT molecular complexity index is 184. The molecular formula is C9H9+. The topological polar surface area (TPSA) is 0 Å².